The van der Waals surface area contributed by atoms with Crippen molar-refractivity contribution in [2.75, 3.05) is 13.1 Å². The van der Waals surface area contributed by atoms with Crippen molar-refractivity contribution in [3.8, 4) is 11.8 Å². The van der Waals surface area contributed by atoms with Crippen molar-refractivity contribution in [3.63, 3.8) is 0 Å². The van der Waals surface area contributed by atoms with Gasteiger partial charge in [0.1, 0.15) is 5.60 Å². The Morgan fingerprint density at radius 3 is 2.05 bits per heavy atom. The number of carbonyl (C=O) groups is 2. The molecule has 0 atom stereocenters. The molecule has 0 aliphatic rings. The Hall–Kier alpha value is -2.58. The van der Waals surface area contributed by atoms with E-state index in [0.29, 0.717) is 4.73 Å². The van der Waals surface area contributed by atoms with Gasteiger partial charge in [0.2, 0.25) is 11.8 Å². The quantitative estimate of drug-likeness (QED) is 0.603. The Labute approximate surface area is 121 Å². The monoisotopic (exact) mass is 301 g/mol. The van der Waals surface area contributed by atoms with E-state index in [4.69, 9.17) is 4.74 Å². The zero-order valence-corrected chi connectivity index (χ0v) is 12.0. The number of alkyl carbamates (subject to hydrolysis) is 1. The average molecular weight is 301 g/mol. The van der Waals surface area contributed by atoms with Crippen LogP contribution in [0.3, 0.4) is 0 Å². The summed E-state index contributed by atoms with van der Waals surface area (Å²) in [5, 5.41) is 23.3. The van der Waals surface area contributed by atoms with Gasteiger partial charge in [0.15, 0.2) is 0 Å². The highest BCUT2D eigenvalue weighted by Crippen LogP contribution is 2.18. The molecule has 0 fully saturated rings. The summed E-state index contributed by atoms with van der Waals surface area (Å²) in [5.41, 5.74) is -0.597. The molecule has 118 valence electrons. The Bertz CT molecular complexity index is 486. The number of nitrogens with one attached hydrogen (secondary N) is 2. The highest BCUT2D eigenvalue weighted by molar-refractivity contribution is 5.69. The van der Waals surface area contributed by atoms with Crippen molar-refractivity contribution in [2.45, 2.75) is 26.4 Å². The predicted molar refractivity (Wildman–Crippen MR) is 72.0 cm³/mol. The Morgan fingerprint density at radius 1 is 1.10 bits per heavy atom. The first-order valence-corrected chi connectivity index (χ1v) is 6.22. The number of aromatic nitrogens is 1. The standard InChI is InChI=1S/C12H19N3O6/c1-12(2,3)20-10(18)13-6-7-14-11(19)21-15-8(16)4-5-9(15)17/h4-5,16-17H,6-7H2,1-3H3,(H,13,18)(H,14,19). The third kappa shape index (κ3) is 5.93. The van der Waals surface area contributed by atoms with Gasteiger partial charge in [-0.25, -0.2) is 9.59 Å². The van der Waals surface area contributed by atoms with Crippen LogP contribution in [0.2, 0.25) is 0 Å². The van der Waals surface area contributed by atoms with E-state index in [1.54, 1.807) is 20.8 Å². The summed E-state index contributed by atoms with van der Waals surface area (Å²) in [4.78, 5) is 27.3. The van der Waals surface area contributed by atoms with Crippen LogP contribution in [0.5, 0.6) is 11.8 Å². The van der Waals surface area contributed by atoms with E-state index >= 15 is 0 Å². The molecule has 9 nitrogen and oxygen atoms in total. The van der Waals surface area contributed by atoms with Crippen LogP contribution in [-0.2, 0) is 4.74 Å². The Morgan fingerprint density at radius 2 is 1.57 bits per heavy atom. The second-order valence-corrected chi connectivity index (χ2v) is 5.08. The van der Waals surface area contributed by atoms with E-state index in [0.717, 1.165) is 12.1 Å². The summed E-state index contributed by atoms with van der Waals surface area (Å²) in [5.74, 6) is -0.843. The fourth-order valence-electron chi connectivity index (χ4n) is 1.25. The van der Waals surface area contributed by atoms with Crippen molar-refractivity contribution in [1.29, 1.82) is 0 Å². The Kier molecular flexibility index (Phi) is 5.28. The van der Waals surface area contributed by atoms with Crippen LogP contribution in [-0.4, -0.2) is 45.8 Å². The number of aromatic hydroxyl groups is 2. The first-order chi connectivity index (χ1) is 9.69. The molecule has 1 heterocycles. The normalized spacial score (nSPS) is 10.8. The molecule has 9 heteroatoms. The fraction of sp³-hybridized carbons (Fsp3) is 0.500. The molecule has 21 heavy (non-hydrogen) atoms. The SMILES string of the molecule is CC(C)(C)OC(=O)NCCNC(=O)On1c(O)ccc1O. The third-order valence-electron chi connectivity index (χ3n) is 2.03. The van der Waals surface area contributed by atoms with Gasteiger partial charge in [0.05, 0.1) is 0 Å². The summed E-state index contributed by atoms with van der Waals surface area (Å²) < 4.78 is 5.55. The molecule has 0 radical (unpaired) electrons. The molecule has 0 aliphatic carbocycles. The molecular weight excluding hydrogens is 282 g/mol. The van der Waals surface area contributed by atoms with Crippen LogP contribution < -0.4 is 15.5 Å². The van der Waals surface area contributed by atoms with Crippen molar-refractivity contribution in [1.82, 2.24) is 15.4 Å². The van der Waals surface area contributed by atoms with Crippen LogP contribution in [0.1, 0.15) is 20.8 Å². The lowest BCUT2D eigenvalue weighted by molar-refractivity contribution is 0.0527. The van der Waals surface area contributed by atoms with Crippen molar-refractivity contribution in [3.05, 3.63) is 12.1 Å². The first kappa shape index (κ1) is 16.5. The van der Waals surface area contributed by atoms with E-state index in [2.05, 4.69) is 15.5 Å². The lowest BCUT2D eigenvalue weighted by atomic mass is 10.2. The topological polar surface area (TPSA) is 122 Å². The summed E-state index contributed by atoms with van der Waals surface area (Å²) in [6.45, 7) is 5.42. The van der Waals surface area contributed by atoms with Crippen LogP contribution in [0, 0.1) is 0 Å². The maximum Gasteiger partial charge on any atom is 0.432 e. The molecule has 1 aromatic rings. The fourth-order valence-corrected chi connectivity index (χ4v) is 1.25. The molecule has 0 saturated carbocycles. The van der Waals surface area contributed by atoms with Crippen LogP contribution >= 0.6 is 0 Å². The van der Waals surface area contributed by atoms with Crippen molar-refractivity contribution >= 4 is 12.2 Å². The highest BCUT2D eigenvalue weighted by atomic mass is 16.7. The summed E-state index contributed by atoms with van der Waals surface area (Å²) in [7, 11) is 0. The van der Waals surface area contributed by atoms with Gasteiger partial charge < -0.3 is 30.4 Å². The van der Waals surface area contributed by atoms with Gasteiger partial charge in [0, 0.05) is 25.2 Å². The zero-order chi connectivity index (χ0) is 16.0. The molecule has 0 unspecified atom stereocenters. The van der Waals surface area contributed by atoms with E-state index in [9.17, 15) is 19.8 Å². The van der Waals surface area contributed by atoms with E-state index in [1.807, 2.05) is 0 Å². The highest BCUT2D eigenvalue weighted by Gasteiger charge is 2.16. The minimum absolute atomic E-state index is 0.0842. The molecule has 0 spiro atoms. The molecule has 0 aromatic carbocycles. The smallest absolute Gasteiger partial charge is 0.432 e. The van der Waals surface area contributed by atoms with Gasteiger partial charge in [-0.3, -0.25) is 0 Å². The second kappa shape index (κ2) is 6.73. The van der Waals surface area contributed by atoms with Crippen molar-refractivity contribution < 1.29 is 29.4 Å². The number of rotatable bonds is 4. The zero-order valence-electron chi connectivity index (χ0n) is 12.0. The molecular formula is C12H19N3O6. The molecule has 1 rings (SSSR count). The molecule has 0 bridgehead atoms. The van der Waals surface area contributed by atoms with Crippen molar-refractivity contribution in [2.24, 2.45) is 0 Å². The van der Waals surface area contributed by atoms with E-state index in [-0.39, 0.29) is 13.1 Å². The lowest BCUT2D eigenvalue weighted by Crippen LogP contribution is -2.39. The van der Waals surface area contributed by atoms with Gasteiger partial charge in [-0.1, -0.05) is 0 Å². The number of ether oxygens (including phenoxy) is 1. The number of hydrogen-bond donors (Lipinski definition) is 4. The van der Waals surface area contributed by atoms with Gasteiger partial charge >= 0.3 is 12.2 Å². The molecule has 4 N–H and O–H groups in total. The maximum atomic E-state index is 11.4. The second-order valence-electron chi connectivity index (χ2n) is 5.08. The average Bonchev–Trinajstić information content (AvgIpc) is 2.64. The van der Waals surface area contributed by atoms with Gasteiger partial charge in [-0.05, 0) is 20.8 Å². The van der Waals surface area contributed by atoms with Gasteiger partial charge in [-0.2, -0.15) is 0 Å². The van der Waals surface area contributed by atoms with Gasteiger partial charge in [0.25, 0.3) is 0 Å². The van der Waals surface area contributed by atoms with E-state index in [1.165, 1.54) is 0 Å². The van der Waals surface area contributed by atoms with Crippen LogP contribution in [0.15, 0.2) is 12.1 Å². The largest absolute Gasteiger partial charge is 0.492 e. The van der Waals surface area contributed by atoms with Gasteiger partial charge in [-0.15, -0.1) is 4.73 Å². The summed E-state index contributed by atoms with van der Waals surface area (Å²) in [6, 6.07) is 2.32. The molecule has 1 aromatic heterocycles. The predicted octanol–water partition coefficient (Wildman–Crippen LogP) is 0.562. The number of amides is 2. The minimum atomic E-state index is -0.900. The molecule has 0 aliphatic heterocycles. The third-order valence-corrected chi connectivity index (χ3v) is 2.03. The number of carbonyl (C=O) groups excluding carboxylic acids is 2. The lowest BCUT2D eigenvalue weighted by Gasteiger charge is -2.19. The minimum Gasteiger partial charge on any atom is -0.492 e. The van der Waals surface area contributed by atoms with Crippen LogP contribution in [0.4, 0.5) is 9.59 Å². The van der Waals surface area contributed by atoms with Crippen LogP contribution in [0.25, 0.3) is 0 Å². The maximum absolute atomic E-state index is 11.4. The summed E-state index contributed by atoms with van der Waals surface area (Å²) in [6.07, 6.45) is -1.50. The summed E-state index contributed by atoms with van der Waals surface area (Å²) >= 11 is 0. The number of hydrogen-bond acceptors (Lipinski definition) is 6. The molecule has 0 saturated heterocycles. The Balaban J connectivity index is 2.24. The first-order valence-electron chi connectivity index (χ1n) is 6.22. The van der Waals surface area contributed by atoms with E-state index < -0.39 is 29.5 Å². The number of nitrogens with zero attached hydrogens (tertiary/aromatic N) is 1. The molecule has 2 amide bonds.